The van der Waals surface area contributed by atoms with Crippen LogP contribution >= 0.6 is 11.6 Å². The van der Waals surface area contributed by atoms with Gasteiger partial charge >= 0.3 is 5.97 Å². The van der Waals surface area contributed by atoms with Gasteiger partial charge in [0.1, 0.15) is 12.3 Å². The van der Waals surface area contributed by atoms with Crippen LogP contribution in [0.5, 0.6) is 5.75 Å². The molecule has 0 N–H and O–H groups in total. The van der Waals surface area contributed by atoms with E-state index in [9.17, 15) is 9.59 Å². The first-order valence-corrected chi connectivity index (χ1v) is 7.34. The maximum Gasteiger partial charge on any atom is 0.333 e. The van der Waals surface area contributed by atoms with Crippen molar-refractivity contribution in [3.05, 3.63) is 69.6 Å². The van der Waals surface area contributed by atoms with E-state index in [0.717, 1.165) is 15.6 Å². The SMILES string of the molecule is Cc1cc(Cl)ccc1OC(=O)Cn1ncc2ccccc2c1=O. The van der Waals surface area contributed by atoms with Crippen molar-refractivity contribution in [1.82, 2.24) is 9.78 Å². The van der Waals surface area contributed by atoms with Gasteiger partial charge in [-0.3, -0.25) is 4.79 Å². The normalized spacial score (nSPS) is 10.7. The standard InChI is InChI=1S/C17H13ClN2O3/c1-11-8-13(18)6-7-15(11)23-16(21)10-20-17(22)14-5-3-2-4-12(14)9-19-20/h2-9H,10H2,1H3. The van der Waals surface area contributed by atoms with Gasteiger partial charge in [-0.25, -0.2) is 9.48 Å². The lowest BCUT2D eigenvalue weighted by molar-refractivity contribution is -0.135. The Morgan fingerprint density at radius 3 is 2.83 bits per heavy atom. The molecule has 0 saturated heterocycles. The van der Waals surface area contributed by atoms with E-state index >= 15 is 0 Å². The molecule has 3 rings (SSSR count). The minimum atomic E-state index is -0.569. The number of aryl methyl sites for hydroxylation is 1. The first kappa shape index (κ1) is 15.2. The van der Waals surface area contributed by atoms with E-state index in [4.69, 9.17) is 16.3 Å². The molecule has 0 amide bonds. The summed E-state index contributed by atoms with van der Waals surface area (Å²) in [6.07, 6.45) is 1.55. The van der Waals surface area contributed by atoms with E-state index in [-0.39, 0.29) is 12.1 Å². The highest BCUT2D eigenvalue weighted by molar-refractivity contribution is 6.30. The molecule has 5 nitrogen and oxygen atoms in total. The van der Waals surface area contributed by atoms with Gasteiger partial charge in [0, 0.05) is 10.4 Å². The number of carbonyl (C=O) groups excluding carboxylic acids is 1. The zero-order valence-electron chi connectivity index (χ0n) is 12.3. The summed E-state index contributed by atoms with van der Waals surface area (Å²) in [6, 6.07) is 12.0. The van der Waals surface area contributed by atoms with E-state index in [1.807, 2.05) is 6.07 Å². The van der Waals surface area contributed by atoms with Crippen molar-refractivity contribution in [1.29, 1.82) is 0 Å². The smallest absolute Gasteiger partial charge is 0.333 e. The van der Waals surface area contributed by atoms with Gasteiger partial charge in [-0.15, -0.1) is 0 Å². The van der Waals surface area contributed by atoms with Gasteiger partial charge < -0.3 is 4.74 Å². The van der Waals surface area contributed by atoms with Crippen LogP contribution in [0.4, 0.5) is 0 Å². The fourth-order valence-electron chi connectivity index (χ4n) is 2.24. The quantitative estimate of drug-likeness (QED) is 0.548. The third kappa shape index (κ3) is 3.24. The van der Waals surface area contributed by atoms with Gasteiger partial charge in [0.25, 0.3) is 5.56 Å². The number of rotatable bonds is 3. The average molecular weight is 329 g/mol. The summed E-state index contributed by atoms with van der Waals surface area (Å²) in [5.74, 6) is -0.159. The molecule has 0 aliphatic heterocycles. The van der Waals surface area contributed by atoms with Crippen molar-refractivity contribution in [2.24, 2.45) is 0 Å². The summed E-state index contributed by atoms with van der Waals surface area (Å²) < 4.78 is 6.37. The second kappa shape index (κ2) is 6.22. The molecule has 0 fully saturated rings. The van der Waals surface area contributed by atoms with Crippen molar-refractivity contribution in [2.75, 3.05) is 0 Å². The molecule has 0 aliphatic rings. The summed E-state index contributed by atoms with van der Waals surface area (Å²) >= 11 is 5.86. The fourth-order valence-corrected chi connectivity index (χ4v) is 2.47. The Labute approximate surface area is 137 Å². The maximum absolute atomic E-state index is 12.3. The number of nitrogens with zero attached hydrogens (tertiary/aromatic N) is 2. The summed E-state index contributed by atoms with van der Waals surface area (Å²) in [5.41, 5.74) is 0.414. The number of hydrogen-bond donors (Lipinski definition) is 0. The van der Waals surface area contributed by atoms with Crippen LogP contribution in [0, 0.1) is 6.92 Å². The lowest BCUT2D eigenvalue weighted by Crippen LogP contribution is -2.28. The summed E-state index contributed by atoms with van der Waals surface area (Å²) in [4.78, 5) is 24.4. The molecule has 0 radical (unpaired) electrons. The molecule has 23 heavy (non-hydrogen) atoms. The monoisotopic (exact) mass is 328 g/mol. The molecule has 6 heteroatoms. The first-order chi connectivity index (χ1) is 11.0. The molecule has 0 atom stereocenters. The Morgan fingerprint density at radius 1 is 1.26 bits per heavy atom. The van der Waals surface area contributed by atoms with Gasteiger partial charge in [-0.2, -0.15) is 5.10 Å². The molecule has 116 valence electrons. The number of carbonyl (C=O) groups is 1. The number of aromatic nitrogens is 2. The molecule has 0 bridgehead atoms. The van der Waals surface area contributed by atoms with Crippen LogP contribution in [0.25, 0.3) is 10.8 Å². The van der Waals surface area contributed by atoms with E-state index in [2.05, 4.69) is 5.10 Å². The summed E-state index contributed by atoms with van der Waals surface area (Å²) in [5, 5.41) is 5.82. The third-order valence-electron chi connectivity index (χ3n) is 3.40. The lowest BCUT2D eigenvalue weighted by atomic mass is 10.2. The van der Waals surface area contributed by atoms with Gasteiger partial charge in [0.05, 0.1) is 11.6 Å². The summed E-state index contributed by atoms with van der Waals surface area (Å²) in [6.45, 7) is 1.53. The van der Waals surface area contributed by atoms with E-state index in [0.29, 0.717) is 16.2 Å². The predicted octanol–water partition coefficient (Wildman–Crippen LogP) is 2.96. The predicted molar refractivity (Wildman–Crippen MR) is 87.8 cm³/mol. The molecule has 2 aromatic carbocycles. The van der Waals surface area contributed by atoms with Crippen molar-refractivity contribution >= 4 is 28.3 Å². The second-order valence-corrected chi connectivity index (χ2v) is 5.51. The van der Waals surface area contributed by atoms with Crippen molar-refractivity contribution in [2.45, 2.75) is 13.5 Å². The van der Waals surface area contributed by atoms with Crippen LogP contribution in [0.15, 0.2) is 53.5 Å². The topological polar surface area (TPSA) is 61.2 Å². The Balaban J connectivity index is 1.83. The van der Waals surface area contributed by atoms with E-state index in [1.54, 1.807) is 49.5 Å². The Hall–Kier alpha value is -2.66. The third-order valence-corrected chi connectivity index (χ3v) is 3.64. The molecule has 0 aliphatic carbocycles. The van der Waals surface area contributed by atoms with Crippen LogP contribution in [0.1, 0.15) is 5.56 Å². The molecular formula is C17H13ClN2O3. The number of benzene rings is 2. The largest absolute Gasteiger partial charge is 0.425 e. The van der Waals surface area contributed by atoms with Crippen LogP contribution < -0.4 is 10.3 Å². The lowest BCUT2D eigenvalue weighted by Gasteiger charge is -2.09. The maximum atomic E-state index is 12.3. The second-order valence-electron chi connectivity index (χ2n) is 5.08. The fraction of sp³-hybridized carbons (Fsp3) is 0.118. The first-order valence-electron chi connectivity index (χ1n) is 6.96. The number of hydrogen-bond acceptors (Lipinski definition) is 4. The average Bonchev–Trinajstić information content (AvgIpc) is 2.53. The van der Waals surface area contributed by atoms with E-state index in [1.165, 1.54) is 0 Å². The zero-order chi connectivity index (χ0) is 16.4. The van der Waals surface area contributed by atoms with E-state index < -0.39 is 5.97 Å². The van der Waals surface area contributed by atoms with Gasteiger partial charge in [-0.1, -0.05) is 29.8 Å². The Bertz CT molecular complexity index is 950. The Kier molecular flexibility index (Phi) is 4.12. The molecule has 3 aromatic rings. The van der Waals surface area contributed by atoms with Crippen LogP contribution in [-0.2, 0) is 11.3 Å². The van der Waals surface area contributed by atoms with Crippen molar-refractivity contribution < 1.29 is 9.53 Å². The van der Waals surface area contributed by atoms with Crippen molar-refractivity contribution in [3.8, 4) is 5.75 Å². The molecule has 1 heterocycles. The minimum absolute atomic E-state index is 0.258. The molecule has 0 saturated carbocycles. The number of halogens is 1. The van der Waals surface area contributed by atoms with Gasteiger partial charge in [0.15, 0.2) is 0 Å². The van der Waals surface area contributed by atoms with Crippen LogP contribution in [0.2, 0.25) is 5.02 Å². The van der Waals surface area contributed by atoms with Crippen LogP contribution in [-0.4, -0.2) is 15.7 Å². The number of fused-ring (bicyclic) bond motifs is 1. The van der Waals surface area contributed by atoms with Crippen molar-refractivity contribution in [3.63, 3.8) is 0 Å². The number of ether oxygens (including phenoxy) is 1. The molecular weight excluding hydrogens is 316 g/mol. The molecule has 0 spiro atoms. The summed E-state index contributed by atoms with van der Waals surface area (Å²) in [7, 11) is 0. The zero-order valence-corrected chi connectivity index (χ0v) is 13.1. The molecule has 0 unspecified atom stereocenters. The highest BCUT2D eigenvalue weighted by atomic mass is 35.5. The van der Waals surface area contributed by atoms with Gasteiger partial charge in [0.2, 0.25) is 0 Å². The number of esters is 1. The van der Waals surface area contributed by atoms with Crippen LogP contribution in [0.3, 0.4) is 0 Å². The minimum Gasteiger partial charge on any atom is -0.425 e. The highest BCUT2D eigenvalue weighted by Gasteiger charge is 2.11. The van der Waals surface area contributed by atoms with Gasteiger partial charge in [-0.05, 0) is 36.8 Å². The molecule has 1 aromatic heterocycles. The highest BCUT2D eigenvalue weighted by Crippen LogP contribution is 2.21. The Morgan fingerprint density at radius 2 is 2.04 bits per heavy atom.